The highest BCUT2D eigenvalue weighted by Gasteiger charge is 2.33. The van der Waals surface area contributed by atoms with Crippen molar-refractivity contribution in [3.63, 3.8) is 0 Å². The number of likely N-dealkylation sites (N-methyl/N-ethyl adjacent to an activating group) is 1. The SMILES string of the molecule is CCN(CC(=O)Nc1ccccc1C(F)(F)F)Cc1csc(N(C(C)=O)c2ccc(C)cc2)n1. The first-order valence-corrected chi connectivity index (χ1v) is 11.5. The number of benzene rings is 2. The molecule has 0 spiro atoms. The molecule has 0 bridgehead atoms. The number of thiazole rings is 1. The summed E-state index contributed by atoms with van der Waals surface area (Å²) in [5.74, 6) is -0.737. The van der Waals surface area contributed by atoms with Gasteiger partial charge in [-0.05, 0) is 37.7 Å². The molecule has 0 aliphatic carbocycles. The number of alkyl halides is 3. The summed E-state index contributed by atoms with van der Waals surface area (Å²) in [6.45, 7) is 5.95. The lowest BCUT2D eigenvalue weighted by Gasteiger charge is -2.20. The summed E-state index contributed by atoms with van der Waals surface area (Å²) >= 11 is 1.31. The van der Waals surface area contributed by atoms with Gasteiger partial charge in [-0.25, -0.2) is 4.98 Å². The van der Waals surface area contributed by atoms with Gasteiger partial charge in [0.05, 0.1) is 29.2 Å². The number of hydrogen-bond acceptors (Lipinski definition) is 5. The molecule has 0 aliphatic rings. The highest BCUT2D eigenvalue weighted by Crippen LogP contribution is 2.34. The van der Waals surface area contributed by atoms with Crippen molar-refractivity contribution in [2.45, 2.75) is 33.5 Å². The Bertz CT molecular complexity index is 1150. The molecule has 34 heavy (non-hydrogen) atoms. The van der Waals surface area contributed by atoms with Gasteiger partial charge in [0.15, 0.2) is 5.13 Å². The second-order valence-corrected chi connectivity index (χ2v) is 8.54. The highest BCUT2D eigenvalue weighted by molar-refractivity contribution is 7.14. The fourth-order valence-corrected chi connectivity index (χ4v) is 4.21. The van der Waals surface area contributed by atoms with Crippen LogP contribution >= 0.6 is 11.3 Å². The first-order valence-electron chi connectivity index (χ1n) is 10.6. The van der Waals surface area contributed by atoms with Crippen LogP contribution < -0.4 is 10.2 Å². The van der Waals surface area contributed by atoms with Crippen molar-refractivity contribution in [3.05, 3.63) is 70.7 Å². The summed E-state index contributed by atoms with van der Waals surface area (Å²) < 4.78 is 39.6. The van der Waals surface area contributed by atoms with Crippen LogP contribution in [0.15, 0.2) is 53.9 Å². The molecule has 1 aromatic heterocycles. The number of carbonyl (C=O) groups excluding carboxylic acids is 2. The Balaban J connectivity index is 1.69. The largest absolute Gasteiger partial charge is 0.418 e. The molecular weight excluding hydrogens is 465 g/mol. The smallest absolute Gasteiger partial charge is 0.324 e. The third kappa shape index (κ3) is 6.42. The molecular formula is C24H25F3N4O2S. The molecule has 0 radical (unpaired) electrons. The fourth-order valence-electron chi connectivity index (χ4n) is 3.33. The van der Waals surface area contributed by atoms with E-state index in [1.807, 2.05) is 38.1 Å². The van der Waals surface area contributed by atoms with Gasteiger partial charge in [-0.15, -0.1) is 11.3 Å². The summed E-state index contributed by atoms with van der Waals surface area (Å²) in [5, 5.41) is 4.67. The summed E-state index contributed by atoms with van der Waals surface area (Å²) in [5.41, 5.74) is 1.26. The Morgan fingerprint density at radius 2 is 1.76 bits per heavy atom. The average molecular weight is 491 g/mol. The van der Waals surface area contributed by atoms with E-state index in [-0.39, 0.29) is 18.1 Å². The molecule has 0 fully saturated rings. The normalized spacial score (nSPS) is 11.5. The molecule has 0 saturated heterocycles. The van der Waals surface area contributed by atoms with Crippen LogP contribution in [-0.2, 0) is 22.3 Å². The second-order valence-electron chi connectivity index (χ2n) is 7.71. The molecule has 6 nitrogen and oxygen atoms in total. The van der Waals surface area contributed by atoms with Crippen molar-refractivity contribution in [3.8, 4) is 0 Å². The Hall–Kier alpha value is -3.24. The van der Waals surface area contributed by atoms with Gasteiger partial charge in [0.25, 0.3) is 0 Å². The zero-order valence-electron chi connectivity index (χ0n) is 19.0. The number of nitrogens with zero attached hydrogens (tertiary/aromatic N) is 3. The number of anilines is 3. The van der Waals surface area contributed by atoms with Crippen molar-refractivity contribution in [2.75, 3.05) is 23.3 Å². The monoisotopic (exact) mass is 490 g/mol. The van der Waals surface area contributed by atoms with Gasteiger partial charge in [-0.2, -0.15) is 13.2 Å². The molecule has 2 amide bonds. The Morgan fingerprint density at radius 3 is 2.38 bits per heavy atom. The Labute approximate surface area is 200 Å². The minimum absolute atomic E-state index is 0.107. The molecule has 1 heterocycles. The van der Waals surface area contributed by atoms with E-state index in [9.17, 15) is 22.8 Å². The number of amides is 2. The Kier molecular flexibility index (Phi) is 8.06. The first kappa shape index (κ1) is 25.4. The average Bonchev–Trinajstić information content (AvgIpc) is 3.22. The maximum atomic E-state index is 13.2. The molecule has 2 aromatic carbocycles. The van der Waals surface area contributed by atoms with Gasteiger partial charge in [0.1, 0.15) is 0 Å². The zero-order valence-corrected chi connectivity index (χ0v) is 19.8. The van der Waals surface area contributed by atoms with E-state index >= 15 is 0 Å². The quantitative estimate of drug-likeness (QED) is 0.445. The van der Waals surface area contributed by atoms with Gasteiger partial charge in [-0.3, -0.25) is 19.4 Å². The topological polar surface area (TPSA) is 65.5 Å². The Morgan fingerprint density at radius 1 is 1.09 bits per heavy atom. The van der Waals surface area contributed by atoms with E-state index < -0.39 is 17.6 Å². The van der Waals surface area contributed by atoms with E-state index in [4.69, 9.17) is 0 Å². The standard InChI is InChI=1S/C24H25F3N4O2S/c1-4-30(14-22(33)29-21-8-6-5-7-20(21)24(25,26)27)13-18-15-34-23(28-18)31(17(3)32)19-11-9-16(2)10-12-19/h5-12,15H,4,13-14H2,1-3H3,(H,29,33). The maximum Gasteiger partial charge on any atom is 0.418 e. The van der Waals surface area contributed by atoms with E-state index in [1.165, 1.54) is 41.4 Å². The molecule has 10 heteroatoms. The van der Waals surface area contributed by atoms with Crippen LogP contribution in [0.25, 0.3) is 0 Å². The third-order valence-electron chi connectivity index (χ3n) is 5.04. The number of hydrogen-bond donors (Lipinski definition) is 1. The molecule has 0 saturated carbocycles. The van der Waals surface area contributed by atoms with Crippen molar-refractivity contribution >= 4 is 39.7 Å². The third-order valence-corrected chi connectivity index (χ3v) is 5.92. The number of nitrogens with one attached hydrogen (secondary N) is 1. The van der Waals surface area contributed by atoms with Crippen molar-refractivity contribution in [2.24, 2.45) is 0 Å². The number of para-hydroxylation sites is 1. The van der Waals surface area contributed by atoms with E-state index in [0.29, 0.717) is 29.6 Å². The predicted octanol–water partition coefficient (Wildman–Crippen LogP) is 5.62. The van der Waals surface area contributed by atoms with E-state index in [2.05, 4.69) is 10.3 Å². The minimum Gasteiger partial charge on any atom is -0.324 e. The van der Waals surface area contributed by atoms with Gasteiger partial charge in [0, 0.05) is 18.8 Å². The fraction of sp³-hybridized carbons (Fsp3) is 0.292. The minimum atomic E-state index is -4.56. The molecule has 3 rings (SSSR count). The van der Waals surface area contributed by atoms with Crippen molar-refractivity contribution in [1.82, 2.24) is 9.88 Å². The lowest BCUT2D eigenvalue weighted by molar-refractivity contribution is -0.137. The van der Waals surface area contributed by atoms with Crippen LogP contribution in [0.4, 0.5) is 29.7 Å². The summed E-state index contributed by atoms with van der Waals surface area (Å²) in [6.07, 6.45) is -4.56. The molecule has 0 atom stereocenters. The van der Waals surface area contributed by atoms with Crippen molar-refractivity contribution < 1.29 is 22.8 Å². The summed E-state index contributed by atoms with van der Waals surface area (Å²) in [6, 6.07) is 12.4. The second kappa shape index (κ2) is 10.8. The summed E-state index contributed by atoms with van der Waals surface area (Å²) in [7, 11) is 0. The molecule has 180 valence electrons. The number of rotatable bonds is 8. The number of aromatic nitrogens is 1. The van der Waals surface area contributed by atoms with Crippen LogP contribution in [0.2, 0.25) is 0 Å². The predicted molar refractivity (Wildman–Crippen MR) is 127 cm³/mol. The maximum absolute atomic E-state index is 13.2. The summed E-state index contributed by atoms with van der Waals surface area (Å²) in [4.78, 5) is 32.6. The molecule has 3 aromatic rings. The van der Waals surface area contributed by atoms with Crippen LogP contribution in [0, 0.1) is 6.92 Å². The van der Waals surface area contributed by atoms with Crippen LogP contribution in [0.5, 0.6) is 0 Å². The van der Waals surface area contributed by atoms with Crippen LogP contribution in [0.1, 0.15) is 30.7 Å². The molecule has 0 unspecified atom stereocenters. The van der Waals surface area contributed by atoms with Gasteiger partial charge in [-0.1, -0.05) is 36.8 Å². The number of carbonyl (C=O) groups is 2. The number of halogens is 3. The van der Waals surface area contributed by atoms with Gasteiger partial charge >= 0.3 is 6.18 Å². The van der Waals surface area contributed by atoms with E-state index in [1.54, 1.807) is 10.3 Å². The lowest BCUT2D eigenvalue weighted by atomic mass is 10.1. The highest BCUT2D eigenvalue weighted by atomic mass is 32.1. The van der Waals surface area contributed by atoms with E-state index in [0.717, 1.165) is 11.6 Å². The van der Waals surface area contributed by atoms with Crippen LogP contribution in [-0.4, -0.2) is 34.8 Å². The van der Waals surface area contributed by atoms with Crippen molar-refractivity contribution in [1.29, 1.82) is 0 Å². The molecule has 0 aliphatic heterocycles. The van der Waals surface area contributed by atoms with Gasteiger partial charge in [0.2, 0.25) is 11.8 Å². The van der Waals surface area contributed by atoms with Gasteiger partial charge < -0.3 is 5.32 Å². The number of aryl methyl sites for hydroxylation is 1. The first-order chi connectivity index (χ1) is 16.1. The van der Waals surface area contributed by atoms with Crippen LogP contribution in [0.3, 0.4) is 0 Å². The molecule has 1 N–H and O–H groups in total. The zero-order chi connectivity index (χ0) is 24.9. The lowest BCUT2D eigenvalue weighted by Crippen LogP contribution is -2.33.